The summed E-state index contributed by atoms with van der Waals surface area (Å²) in [5.41, 5.74) is 2.71. The number of rotatable bonds is 3. The Labute approximate surface area is 189 Å². The van der Waals surface area contributed by atoms with Crippen molar-refractivity contribution >= 4 is 38.4 Å². The Morgan fingerprint density at radius 2 is 1.91 bits per heavy atom. The van der Waals surface area contributed by atoms with Gasteiger partial charge in [0.2, 0.25) is 5.91 Å². The van der Waals surface area contributed by atoms with Gasteiger partial charge in [0, 0.05) is 12.6 Å². The summed E-state index contributed by atoms with van der Waals surface area (Å²) in [6, 6.07) is 13.1. The smallest absolute Gasteiger partial charge is 0.395 e. The van der Waals surface area contributed by atoms with Crippen LogP contribution >= 0.6 is 11.3 Å². The van der Waals surface area contributed by atoms with Crippen molar-refractivity contribution < 1.29 is 27.8 Å². The predicted octanol–water partition coefficient (Wildman–Crippen LogP) is 5.24. The molecule has 1 unspecified atom stereocenters. The molecule has 4 aromatic rings. The highest BCUT2D eigenvalue weighted by Gasteiger charge is 2.43. The number of hydrogen-bond donors (Lipinski definition) is 1. The molecular weight excluding hydrogens is 452 g/mol. The number of thiazole rings is 1. The molecule has 7 nitrogen and oxygen atoms in total. The van der Waals surface area contributed by atoms with Crippen LogP contribution in [0.15, 0.2) is 54.7 Å². The van der Waals surface area contributed by atoms with Crippen LogP contribution in [0.1, 0.15) is 29.4 Å². The SMILES string of the molecule is O=C1CCC(C(=O)Nc2nc3ccc(-c4ccc5c(c4)OC(F)(F)O5)cc3s2)n2cccc21. The highest BCUT2D eigenvalue weighted by atomic mass is 32.1. The number of ketones is 1. The van der Waals surface area contributed by atoms with E-state index in [1.807, 2.05) is 12.1 Å². The Kier molecular flexibility index (Phi) is 4.28. The molecule has 0 saturated heterocycles. The maximum absolute atomic E-state index is 13.3. The van der Waals surface area contributed by atoms with Gasteiger partial charge >= 0.3 is 6.29 Å². The zero-order chi connectivity index (χ0) is 22.7. The molecule has 2 aliphatic heterocycles. The number of benzene rings is 2. The van der Waals surface area contributed by atoms with E-state index in [2.05, 4.69) is 19.8 Å². The van der Waals surface area contributed by atoms with Gasteiger partial charge in [-0.2, -0.15) is 0 Å². The molecule has 6 rings (SSSR count). The number of fused-ring (bicyclic) bond motifs is 3. The monoisotopic (exact) mass is 467 g/mol. The number of anilines is 1. The van der Waals surface area contributed by atoms with Crippen molar-refractivity contribution in [1.29, 1.82) is 0 Å². The predicted molar refractivity (Wildman–Crippen MR) is 117 cm³/mol. The third kappa shape index (κ3) is 3.43. The van der Waals surface area contributed by atoms with Crippen molar-refractivity contribution in [2.45, 2.75) is 25.2 Å². The summed E-state index contributed by atoms with van der Waals surface area (Å²) in [7, 11) is 0. The fourth-order valence-corrected chi connectivity index (χ4v) is 5.08. The second-order valence-corrected chi connectivity index (χ2v) is 8.83. The molecule has 1 N–H and O–H groups in total. The number of aromatic nitrogens is 2. The van der Waals surface area contributed by atoms with E-state index in [1.54, 1.807) is 35.0 Å². The van der Waals surface area contributed by atoms with Crippen LogP contribution in [-0.4, -0.2) is 27.5 Å². The van der Waals surface area contributed by atoms with Crippen molar-refractivity contribution in [2.75, 3.05) is 5.32 Å². The summed E-state index contributed by atoms with van der Waals surface area (Å²) in [4.78, 5) is 29.4. The Bertz CT molecular complexity index is 1440. The molecule has 0 radical (unpaired) electrons. The van der Waals surface area contributed by atoms with Gasteiger partial charge in [0.15, 0.2) is 22.4 Å². The molecule has 0 bridgehead atoms. The van der Waals surface area contributed by atoms with E-state index in [-0.39, 0.29) is 23.2 Å². The number of carbonyl (C=O) groups excluding carboxylic acids is 2. The Morgan fingerprint density at radius 1 is 1.12 bits per heavy atom. The second-order valence-electron chi connectivity index (χ2n) is 7.80. The molecule has 0 spiro atoms. The van der Waals surface area contributed by atoms with Crippen LogP contribution in [-0.2, 0) is 4.79 Å². The minimum Gasteiger partial charge on any atom is -0.395 e. The van der Waals surface area contributed by atoms with Crippen molar-refractivity contribution in [2.24, 2.45) is 0 Å². The molecule has 4 heterocycles. The van der Waals surface area contributed by atoms with E-state index in [1.165, 1.54) is 23.5 Å². The maximum Gasteiger partial charge on any atom is 0.586 e. The molecular formula is C23H15F2N3O4S. The number of hydrogen-bond acceptors (Lipinski definition) is 6. The normalized spacial score (nSPS) is 18.4. The molecule has 2 aromatic carbocycles. The third-order valence-electron chi connectivity index (χ3n) is 5.70. The van der Waals surface area contributed by atoms with Crippen molar-refractivity contribution in [1.82, 2.24) is 9.55 Å². The van der Waals surface area contributed by atoms with Gasteiger partial charge < -0.3 is 19.4 Å². The fraction of sp³-hybridized carbons (Fsp3) is 0.174. The summed E-state index contributed by atoms with van der Waals surface area (Å²) in [6.45, 7) is 0. The van der Waals surface area contributed by atoms with Gasteiger partial charge in [-0.05, 0) is 53.9 Å². The molecule has 10 heteroatoms. The van der Waals surface area contributed by atoms with E-state index >= 15 is 0 Å². The van der Waals surface area contributed by atoms with Gasteiger partial charge in [0.05, 0.1) is 15.9 Å². The van der Waals surface area contributed by atoms with E-state index in [4.69, 9.17) is 0 Å². The van der Waals surface area contributed by atoms with Crippen LogP contribution in [0.5, 0.6) is 11.5 Å². The molecule has 33 heavy (non-hydrogen) atoms. The minimum atomic E-state index is -3.66. The maximum atomic E-state index is 13.3. The molecule has 0 fully saturated rings. The molecule has 1 amide bonds. The van der Waals surface area contributed by atoms with Crippen molar-refractivity contribution in [3.05, 3.63) is 60.4 Å². The van der Waals surface area contributed by atoms with Crippen molar-refractivity contribution in [3.8, 4) is 22.6 Å². The first-order valence-electron chi connectivity index (χ1n) is 10.2. The number of ether oxygens (including phenoxy) is 2. The number of nitrogens with one attached hydrogen (secondary N) is 1. The highest BCUT2D eigenvalue weighted by molar-refractivity contribution is 7.22. The first-order valence-corrected chi connectivity index (χ1v) is 11.0. The average Bonchev–Trinajstić information content (AvgIpc) is 3.48. The summed E-state index contributed by atoms with van der Waals surface area (Å²) in [5, 5.41) is 3.31. The Morgan fingerprint density at radius 3 is 2.79 bits per heavy atom. The van der Waals surface area contributed by atoms with Crippen LogP contribution in [0, 0.1) is 0 Å². The van der Waals surface area contributed by atoms with Gasteiger partial charge in [0.1, 0.15) is 6.04 Å². The summed E-state index contributed by atoms with van der Waals surface area (Å²) < 4.78 is 38.1. The number of carbonyl (C=O) groups is 2. The van der Waals surface area contributed by atoms with Crippen LogP contribution in [0.25, 0.3) is 21.3 Å². The van der Waals surface area contributed by atoms with Gasteiger partial charge in [0.25, 0.3) is 0 Å². The third-order valence-corrected chi connectivity index (χ3v) is 6.63. The molecule has 0 aliphatic carbocycles. The van der Waals surface area contributed by atoms with Crippen molar-refractivity contribution in [3.63, 3.8) is 0 Å². The molecule has 2 aliphatic rings. The lowest BCUT2D eigenvalue weighted by Gasteiger charge is -2.24. The largest absolute Gasteiger partial charge is 0.586 e. The van der Waals surface area contributed by atoms with Gasteiger partial charge in [-0.3, -0.25) is 9.59 Å². The number of amides is 1. The Hall–Kier alpha value is -3.79. The van der Waals surface area contributed by atoms with E-state index in [0.717, 1.165) is 10.3 Å². The quantitative estimate of drug-likeness (QED) is 0.446. The van der Waals surface area contributed by atoms with Crippen LogP contribution in [0.3, 0.4) is 0 Å². The standard InChI is InChI=1S/C23H15F2N3O4S/c24-23(25)31-18-8-4-12(10-19(18)32-23)13-3-5-14-20(11-13)33-22(26-14)27-21(30)16-6-7-17(29)15-2-1-9-28(15)16/h1-5,8-11,16H,6-7H2,(H,26,27,30). The average molecular weight is 467 g/mol. The fourth-order valence-electron chi connectivity index (χ4n) is 4.17. The van der Waals surface area contributed by atoms with Gasteiger partial charge in [-0.15, -0.1) is 8.78 Å². The number of halogens is 2. The van der Waals surface area contributed by atoms with Gasteiger partial charge in [-0.1, -0.05) is 23.5 Å². The molecule has 2 aromatic heterocycles. The van der Waals surface area contributed by atoms with Gasteiger partial charge in [-0.25, -0.2) is 4.98 Å². The van der Waals surface area contributed by atoms with Crippen LogP contribution < -0.4 is 14.8 Å². The summed E-state index contributed by atoms with van der Waals surface area (Å²) in [5.74, 6) is -0.229. The van der Waals surface area contributed by atoms with E-state index < -0.39 is 12.3 Å². The van der Waals surface area contributed by atoms with Crippen LogP contribution in [0.2, 0.25) is 0 Å². The topological polar surface area (TPSA) is 82.5 Å². The number of nitrogens with zero attached hydrogens (tertiary/aromatic N) is 2. The summed E-state index contributed by atoms with van der Waals surface area (Å²) >= 11 is 1.31. The van der Waals surface area contributed by atoms with Crippen LogP contribution in [0.4, 0.5) is 13.9 Å². The summed E-state index contributed by atoms with van der Waals surface area (Å²) in [6.07, 6.45) is -1.16. The van der Waals surface area contributed by atoms with E-state index in [0.29, 0.717) is 34.7 Å². The lowest BCUT2D eigenvalue weighted by molar-refractivity contribution is -0.286. The molecule has 166 valence electrons. The van der Waals surface area contributed by atoms with E-state index in [9.17, 15) is 18.4 Å². The zero-order valence-electron chi connectivity index (χ0n) is 16.9. The number of alkyl halides is 2. The second kappa shape index (κ2) is 7.11. The lowest BCUT2D eigenvalue weighted by atomic mass is 10.0. The Balaban J connectivity index is 1.25. The minimum absolute atomic E-state index is 0.0112. The highest BCUT2D eigenvalue weighted by Crippen LogP contribution is 2.43. The first kappa shape index (κ1) is 19.9. The number of Topliss-reactive ketones (excluding diaryl/α,β-unsaturated/α-hetero) is 1. The lowest BCUT2D eigenvalue weighted by Crippen LogP contribution is -2.31. The first-order chi connectivity index (χ1) is 15.9. The molecule has 0 saturated carbocycles. The zero-order valence-corrected chi connectivity index (χ0v) is 17.7. The molecule has 1 atom stereocenters.